The summed E-state index contributed by atoms with van der Waals surface area (Å²) in [4.78, 5) is 12.4. The molecule has 3 rings (SSSR count). The van der Waals surface area contributed by atoms with E-state index < -0.39 is 0 Å². The van der Waals surface area contributed by atoms with Crippen LogP contribution in [-0.4, -0.2) is 16.6 Å². The first kappa shape index (κ1) is 20.2. The van der Waals surface area contributed by atoms with Crippen LogP contribution in [0.5, 0.6) is 0 Å². The summed E-state index contributed by atoms with van der Waals surface area (Å²) in [5.41, 5.74) is 2.41. The maximum atomic E-state index is 12.4. The third kappa shape index (κ3) is 4.67. The minimum absolute atomic E-state index is 0.0704. The van der Waals surface area contributed by atoms with Crippen molar-refractivity contribution in [2.24, 2.45) is 5.10 Å². The summed E-state index contributed by atoms with van der Waals surface area (Å²) < 4.78 is 0. The van der Waals surface area contributed by atoms with Crippen LogP contribution >= 0.6 is 46.4 Å². The van der Waals surface area contributed by atoms with E-state index >= 15 is 0 Å². The quantitative estimate of drug-likeness (QED) is 0.500. The molecule has 1 heterocycles. The number of hydrogen-bond acceptors (Lipinski definition) is 2. The second kappa shape index (κ2) is 8.66. The van der Waals surface area contributed by atoms with Crippen molar-refractivity contribution in [3.63, 3.8) is 0 Å². The summed E-state index contributed by atoms with van der Waals surface area (Å²) in [6.45, 7) is 1.81. The van der Waals surface area contributed by atoms with Crippen molar-refractivity contribution >= 4 is 64.1 Å². The molecule has 0 N–H and O–H groups in total. The SMILES string of the molecule is CCC(=O)N1N=C(/C=C/c2ccc(Cl)cc2Cl)C[C@H]1c1ccc(Cl)cc1Cl. The average Bonchev–Trinajstić information content (AvgIpc) is 3.04. The number of nitrogens with zero attached hydrogens (tertiary/aromatic N) is 2. The van der Waals surface area contributed by atoms with Crippen molar-refractivity contribution in [2.45, 2.75) is 25.8 Å². The van der Waals surface area contributed by atoms with Gasteiger partial charge in [0.2, 0.25) is 5.91 Å². The molecule has 0 aliphatic carbocycles. The zero-order valence-electron chi connectivity index (χ0n) is 14.4. The van der Waals surface area contributed by atoms with Crippen molar-refractivity contribution in [3.05, 3.63) is 73.7 Å². The van der Waals surface area contributed by atoms with E-state index in [9.17, 15) is 4.79 Å². The Morgan fingerprint density at radius 1 is 1.07 bits per heavy atom. The van der Waals surface area contributed by atoms with Crippen molar-refractivity contribution in [3.8, 4) is 0 Å². The van der Waals surface area contributed by atoms with Gasteiger partial charge in [-0.2, -0.15) is 5.10 Å². The number of hydrazone groups is 1. The van der Waals surface area contributed by atoms with Crippen LogP contribution in [0.25, 0.3) is 6.08 Å². The van der Waals surface area contributed by atoms with E-state index in [-0.39, 0.29) is 11.9 Å². The van der Waals surface area contributed by atoms with E-state index in [4.69, 9.17) is 46.4 Å². The van der Waals surface area contributed by atoms with Gasteiger partial charge in [-0.1, -0.05) is 71.5 Å². The van der Waals surface area contributed by atoms with E-state index in [1.54, 1.807) is 31.2 Å². The number of hydrogen-bond donors (Lipinski definition) is 0. The Labute approximate surface area is 178 Å². The van der Waals surface area contributed by atoms with Crippen LogP contribution in [0, 0.1) is 0 Å². The van der Waals surface area contributed by atoms with Gasteiger partial charge in [0, 0.05) is 32.9 Å². The molecule has 1 atom stereocenters. The fourth-order valence-corrected chi connectivity index (χ4v) is 3.87. The van der Waals surface area contributed by atoms with Crippen LogP contribution in [0.1, 0.15) is 36.9 Å². The Kier molecular flexibility index (Phi) is 6.48. The number of benzene rings is 2. The number of rotatable bonds is 4. The third-order valence-electron chi connectivity index (χ3n) is 4.23. The normalized spacial score (nSPS) is 16.9. The van der Waals surface area contributed by atoms with Crippen molar-refractivity contribution in [1.29, 1.82) is 0 Å². The molecule has 0 bridgehead atoms. The predicted molar refractivity (Wildman–Crippen MR) is 114 cm³/mol. The number of carbonyl (C=O) groups is 1. The highest BCUT2D eigenvalue weighted by Crippen LogP contribution is 2.37. The van der Waals surface area contributed by atoms with Crippen LogP contribution in [0.2, 0.25) is 20.1 Å². The van der Waals surface area contributed by atoms with Gasteiger partial charge in [-0.25, -0.2) is 5.01 Å². The maximum absolute atomic E-state index is 12.4. The number of halogens is 4. The lowest BCUT2D eigenvalue weighted by molar-refractivity contribution is -0.132. The monoisotopic (exact) mass is 440 g/mol. The average molecular weight is 442 g/mol. The second-order valence-corrected chi connectivity index (χ2v) is 7.76. The van der Waals surface area contributed by atoms with E-state index in [0.29, 0.717) is 32.9 Å². The van der Waals surface area contributed by atoms with Gasteiger partial charge in [-0.3, -0.25) is 4.79 Å². The predicted octanol–water partition coefficient (Wildman–Crippen LogP) is 7.05. The Morgan fingerprint density at radius 3 is 2.37 bits per heavy atom. The first-order valence-electron chi connectivity index (χ1n) is 8.36. The molecule has 0 saturated carbocycles. The van der Waals surface area contributed by atoms with E-state index in [2.05, 4.69) is 5.10 Å². The largest absolute Gasteiger partial charge is 0.273 e. The molecule has 1 amide bonds. The lowest BCUT2D eigenvalue weighted by Crippen LogP contribution is -2.26. The van der Waals surface area contributed by atoms with Crippen molar-refractivity contribution in [1.82, 2.24) is 5.01 Å². The van der Waals surface area contributed by atoms with Gasteiger partial charge >= 0.3 is 0 Å². The molecule has 0 spiro atoms. The zero-order valence-corrected chi connectivity index (χ0v) is 17.4. The highest BCUT2D eigenvalue weighted by molar-refractivity contribution is 6.36. The summed E-state index contributed by atoms with van der Waals surface area (Å²) >= 11 is 24.5. The summed E-state index contributed by atoms with van der Waals surface area (Å²) in [7, 11) is 0. The minimum Gasteiger partial charge on any atom is -0.273 e. The van der Waals surface area contributed by atoms with Gasteiger partial charge in [0.25, 0.3) is 0 Å². The highest BCUT2D eigenvalue weighted by Gasteiger charge is 2.32. The lowest BCUT2D eigenvalue weighted by atomic mass is 10.0. The molecule has 2 aromatic carbocycles. The molecule has 0 saturated heterocycles. The summed E-state index contributed by atoms with van der Waals surface area (Å²) in [5, 5.41) is 8.19. The first-order valence-corrected chi connectivity index (χ1v) is 9.88. The van der Waals surface area contributed by atoms with Gasteiger partial charge in [0.1, 0.15) is 0 Å². The molecule has 27 heavy (non-hydrogen) atoms. The van der Waals surface area contributed by atoms with Crippen LogP contribution in [0.3, 0.4) is 0 Å². The summed E-state index contributed by atoms with van der Waals surface area (Å²) in [5.74, 6) is -0.0704. The highest BCUT2D eigenvalue weighted by atomic mass is 35.5. The zero-order chi connectivity index (χ0) is 19.6. The molecule has 0 fully saturated rings. The van der Waals surface area contributed by atoms with Gasteiger partial charge in [0.05, 0.1) is 11.8 Å². The van der Waals surface area contributed by atoms with Crippen LogP contribution in [0.4, 0.5) is 0 Å². The Balaban J connectivity index is 1.89. The van der Waals surface area contributed by atoms with E-state index in [1.165, 1.54) is 5.01 Å². The Morgan fingerprint density at radius 2 is 1.74 bits per heavy atom. The molecule has 1 aliphatic rings. The van der Waals surface area contributed by atoms with Crippen LogP contribution < -0.4 is 0 Å². The van der Waals surface area contributed by atoms with Gasteiger partial charge in [-0.15, -0.1) is 0 Å². The Hall–Kier alpha value is -1.52. The third-order valence-corrected chi connectivity index (χ3v) is 5.36. The number of amides is 1. The van der Waals surface area contributed by atoms with Crippen molar-refractivity contribution in [2.75, 3.05) is 0 Å². The molecule has 7 heteroatoms. The lowest BCUT2D eigenvalue weighted by Gasteiger charge is -2.22. The Bertz CT molecular complexity index is 940. The maximum Gasteiger partial charge on any atom is 0.242 e. The molecular formula is C20H16Cl4N2O. The molecule has 2 aromatic rings. The fourth-order valence-electron chi connectivity index (χ4n) is 2.86. The van der Waals surface area contributed by atoms with Crippen molar-refractivity contribution < 1.29 is 4.79 Å². The fraction of sp³-hybridized carbons (Fsp3) is 0.200. The topological polar surface area (TPSA) is 32.7 Å². The molecule has 3 nitrogen and oxygen atoms in total. The summed E-state index contributed by atoms with van der Waals surface area (Å²) in [6, 6.07) is 10.3. The molecule has 140 valence electrons. The van der Waals surface area contributed by atoms with Crippen LogP contribution in [-0.2, 0) is 4.79 Å². The van der Waals surface area contributed by atoms with Gasteiger partial charge < -0.3 is 0 Å². The number of allylic oxidation sites excluding steroid dienone is 1. The van der Waals surface area contributed by atoms with Gasteiger partial charge in [0.15, 0.2) is 0 Å². The van der Waals surface area contributed by atoms with E-state index in [0.717, 1.165) is 16.8 Å². The van der Waals surface area contributed by atoms with E-state index in [1.807, 2.05) is 24.3 Å². The number of carbonyl (C=O) groups excluding carboxylic acids is 1. The smallest absolute Gasteiger partial charge is 0.242 e. The second-order valence-electron chi connectivity index (χ2n) is 6.07. The first-order chi connectivity index (χ1) is 12.9. The van der Waals surface area contributed by atoms with Gasteiger partial charge in [-0.05, 0) is 41.5 Å². The van der Waals surface area contributed by atoms with Crippen LogP contribution in [0.15, 0.2) is 47.6 Å². The minimum atomic E-state index is -0.262. The molecule has 1 aliphatic heterocycles. The summed E-state index contributed by atoms with van der Waals surface area (Å²) in [6.07, 6.45) is 4.62. The molecule has 0 unspecified atom stereocenters. The standard InChI is InChI=1S/C20H16Cl4N2O/c1-2-20(27)26-19(16-8-6-14(22)10-18(16)24)11-15(25-26)7-4-12-3-5-13(21)9-17(12)23/h3-10,19H,2,11H2,1H3/b7-4+/t19-/m0/s1. The molecular weight excluding hydrogens is 426 g/mol. The molecule has 0 aromatic heterocycles. The molecule has 0 radical (unpaired) electrons.